The lowest BCUT2D eigenvalue weighted by Gasteiger charge is -2.30. The Balaban J connectivity index is 0.00000109. The largest absolute Gasteiger partial charge is 0.469 e. The van der Waals surface area contributed by atoms with E-state index >= 15 is 0 Å². The molecule has 134 valence electrons. The first kappa shape index (κ1) is 19.5. The molecule has 3 rings (SSSR count). The first-order valence-corrected chi connectivity index (χ1v) is 9.34. The number of nitriles is 1. The molecule has 5 nitrogen and oxygen atoms in total. The fraction of sp³-hybridized carbons (Fsp3) is 0.632. The summed E-state index contributed by atoms with van der Waals surface area (Å²) in [4.78, 5) is 18.5. The predicted molar refractivity (Wildman–Crippen MR) is 99.3 cm³/mol. The molecule has 0 amide bonds. The summed E-state index contributed by atoms with van der Waals surface area (Å²) in [5.74, 6) is 2.81. The summed E-state index contributed by atoms with van der Waals surface area (Å²) in [7, 11) is 1.46. The molecule has 2 saturated heterocycles. The number of aromatic nitrogens is 1. The minimum absolute atomic E-state index is 0.0540. The summed E-state index contributed by atoms with van der Waals surface area (Å²) in [6.07, 6.45) is 5.64. The molecular formula is C19H28BN3O2. The van der Waals surface area contributed by atoms with Gasteiger partial charge in [0.05, 0.1) is 18.7 Å². The van der Waals surface area contributed by atoms with Crippen molar-refractivity contribution < 1.29 is 9.53 Å². The van der Waals surface area contributed by atoms with E-state index in [1.54, 1.807) is 0 Å². The highest BCUT2D eigenvalue weighted by Gasteiger charge is 2.34. The number of rotatable bonds is 4. The molecule has 0 unspecified atom stereocenters. The topological polar surface area (TPSA) is 66.2 Å². The molecule has 1 aromatic rings. The van der Waals surface area contributed by atoms with Gasteiger partial charge in [-0.25, -0.2) is 5.26 Å². The van der Waals surface area contributed by atoms with Gasteiger partial charge in [-0.3, -0.25) is 14.7 Å². The first-order valence-electron chi connectivity index (χ1n) is 9.34. The van der Waals surface area contributed by atoms with Crippen molar-refractivity contribution in [2.75, 3.05) is 20.2 Å². The Morgan fingerprint density at radius 3 is 2.56 bits per heavy atom. The standard InChI is InChI=1S/C17H22BN3O2.C2H6/c1-23-17(22)13-4-6-21(7-5-13)11-16-3-2-14(10-20-16)15-8-18(9-15)12-19;1-2/h2-3,10,13,15H,4-9,11H2,1H3;1-2H3. The fourth-order valence-corrected chi connectivity index (χ4v) is 3.49. The van der Waals surface area contributed by atoms with Crippen molar-refractivity contribution in [2.45, 2.75) is 51.8 Å². The molecule has 2 aliphatic rings. The van der Waals surface area contributed by atoms with Gasteiger partial charge in [-0.15, -0.1) is 0 Å². The van der Waals surface area contributed by atoms with Gasteiger partial charge in [0.1, 0.15) is 0 Å². The van der Waals surface area contributed by atoms with Gasteiger partial charge in [0.2, 0.25) is 0 Å². The quantitative estimate of drug-likeness (QED) is 0.622. The Hall–Kier alpha value is -1.87. The number of nitrogens with zero attached hydrogens (tertiary/aromatic N) is 3. The number of hydrogen-bond donors (Lipinski definition) is 0. The molecule has 0 atom stereocenters. The summed E-state index contributed by atoms with van der Waals surface area (Å²) in [5, 5.41) is 8.85. The van der Waals surface area contributed by atoms with Crippen LogP contribution in [0.3, 0.4) is 0 Å². The van der Waals surface area contributed by atoms with Gasteiger partial charge in [-0.1, -0.05) is 32.6 Å². The maximum Gasteiger partial charge on any atom is 0.308 e. The van der Waals surface area contributed by atoms with Crippen molar-refractivity contribution in [1.29, 1.82) is 5.26 Å². The summed E-state index contributed by atoms with van der Waals surface area (Å²) in [5.41, 5.74) is 2.33. The number of likely N-dealkylation sites (tertiary alicyclic amines) is 1. The molecule has 0 N–H and O–H groups in total. The molecule has 6 heteroatoms. The van der Waals surface area contributed by atoms with Crippen molar-refractivity contribution in [2.24, 2.45) is 5.92 Å². The lowest BCUT2D eigenvalue weighted by atomic mass is 9.32. The Morgan fingerprint density at radius 1 is 1.36 bits per heavy atom. The van der Waals surface area contributed by atoms with E-state index in [1.807, 2.05) is 20.0 Å². The SMILES string of the molecule is CC.COC(=O)C1CCN(Cc2ccc(C3CB(C#N)C3)cn2)CC1. The molecule has 1 aromatic heterocycles. The number of ether oxygens (including phenoxy) is 1. The normalized spacial score (nSPS) is 18.6. The number of carbonyl (C=O) groups excluding carboxylic acids is 1. The monoisotopic (exact) mass is 341 g/mol. The highest BCUT2D eigenvalue weighted by atomic mass is 16.5. The van der Waals surface area contributed by atoms with Gasteiger partial charge < -0.3 is 4.74 Å². The van der Waals surface area contributed by atoms with Crippen LogP contribution in [0.1, 0.15) is 43.9 Å². The average Bonchev–Trinajstić information content (AvgIpc) is 2.64. The van der Waals surface area contributed by atoms with Crippen LogP contribution in [-0.4, -0.2) is 42.8 Å². The van der Waals surface area contributed by atoms with Gasteiger partial charge in [-0.05, 0) is 43.5 Å². The summed E-state index contributed by atoms with van der Waals surface area (Å²) >= 11 is 0. The van der Waals surface area contributed by atoms with Crippen molar-refractivity contribution in [3.8, 4) is 5.97 Å². The van der Waals surface area contributed by atoms with Crippen LogP contribution in [0.4, 0.5) is 0 Å². The summed E-state index contributed by atoms with van der Waals surface area (Å²) in [6, 6.07) is 4.25. The number of hydrogen-bond acceptors (Lipinski definition) is 5. The smallest absolute Gasteiger partial charge is 0.308 e. The van der Waals surface area contributed by atoms with Crippen molar-refractivity contribution in [3.05, 3.63) is 29.6 Å². The van der Waals surface area contributed by atoms with Crippen molar-refractivity contribution in [3.63, 3.8) is 0 Å². The molecule has 2 fully saturated rings. The van der Waals surface area contributed by atoms with E-state index in [9.17, 15) is 4.79 Å². The van der Waals surface area contributed by atoms with E-state index in [4.69, 9.17) is 10.00 Å². The van der Waals surface area contributed by atoms with Crippen LogP contribution in [0, 0.1) is 17.1 Å². The Bertz CT molecular complexity index is 586. The minimum atomic E-state index is -0.0803. The average molecular weight is 341 g/mol. The zero-order valence-electron chi connectivity index (χ0n) is 15.6. The number of methoxy groups -OCH3 is 1. The third-order valence-electron chi connectivity index (χ3n) is 5.15. The van der Waals surface area contributed by atoms with Gasteiger partial charge in [0, 0.05) is 18.7 Å². The van der Waals surface area contributed by atoms with Gasteiger partial charge in [0.15, 0.2) is 0 Å². The highest BCUT2D eigenvalue weighted by molar-refractivity contribution is 6.70. The maximum atomic E-state index is 11.5. The van der Waals surface area contributed by atoms with E-state index in [2.05, 4.69) is 28.0 Å². The van der Waals surface area contributed by atoms with Gasteiger partial charge >= 0.3 is 5.97 Å². The van der Waals surface area contributed by atoms with Crippen LogP contribution in [0.5, 0.6) is 0 Å². The zero-order valence-corrected chi connectivity index (χ0v) is 15.6. The Kier molecular flexibility index (Phi) is 7.45. The van der Waals surface area contributed by atoms with Crippen LogP contribution in [0.15, 0.2) is 18.3 Å². The van der Waals surface area contributed by atoms with Crippen LogP contribution >= 0.6 is 0 Å². The fourth-order valence-electron chi connectivity index (χ4n) is 3.49. The zero-order chi connectivity index (χ0) is 18.2. The number of carbonyl (C=O) groups is 1. The van der Waals surface area contributed by atoms with E-state index in [1.165, 1.54) is 12.7 Å². The van der Waals surface area contributed by atoms with Crippen LogP contribution in [-0.2, 0) is 16.1 Å². The van der Waals surface area contributed by atoms with E-state index in [0.717, 1.165) is 50.8 Å². The lowest BCUT2D eigenvalue weighted by Crippen LogP contribution is -2.36. The Morgan fingerprint density at radius 2 is 2.04 bits per heavy atom. The van der Waals surface area contributed by atoms with Gasteiger partial charge in [-0.2, -0.15) is 0 Å². The van der Waals surface area contributed by atoms with Crippen molar-refractivity contribution in [1.82, 2.24) is 9.88 Å². The molecule has 0 aromatic carbocycles. The molecule has 0 radical (unpaired) electrons. The van der Waals surface area contributed by atoms with E-state index < -0.39 is 0 Å². The molecule has 0 saturated carbocycles. The second-order valence-electron chi connectivity index (χ2n) is 6.65. The molecule has 0 bridgehead atoms. The maximum absolute atomic E-state index is 11.5. The second kappa shape index (κ2) is 9.57. The predicted octanol–water partition coefficient (Wildman–Crippen LogP) is 3.15. The van der Waals surface area contributed by atoms with Crippen molar-refractivity contribution >= 4 is 12.7 Å². The lowest BCUT2D eigenvalue weighted by molar-refractivity contribution is -0.147. The molecule has 3 heterocycles. The minimum Gasteiger partial charge on any atom is -0.469 e. The summed E-state index contributed by atoms with van der Waals surface area (Å²) in [6.45, 7) is 6.89. The van der Waals surface area contributed by atoms with Gasteiger partial charge in [0.25, 0.3) is 6.71 Å². The third kappa shape index (κ3) is 5.05. The molecule has 0 aliphatic carbocycles. The van der Waals surface area contributed by atoms with Crippen LogP contribution < -0.4 is 0 Å². The second-order valence-corrected chi connectivity index (χ2v) is 6.65. The number of piperidine rings is 1. The third-order valence-corrected chi connectivity index (χ3v) is 5.15. The highest BCUT2D eigenvalue weighted by Crippen LogP contribution is 2.37. The van der Waals surface area contributed by atoms with E-state index in [0.29, 0.717) is 5.92 Å². The number of esters is 1. The summed E-state index contributed by atoms with van der Waals surface area (Å²) < 4.78 is 4.82. The molecule has 0 spiro atoms. The molecular weight excluding hydrogens is 313 g/mol. The first-order chi connectivity index (χ1) is 12.2. The Labute approximate surface area is 151 Å². The number of pyridine rings is 1. The van der Waals surface area contributed by atoms with E-state index in [-0.39, 0.29) is 18.6 Å². The molecule has 2 aliphatic heterocycles. The van der Waals surface area contributed by atoms with Crippen LogP contribution in [0.2, 0.25) is 12.6 Å². The van der Waals surface area contributed by atoms with Crippen LogP contribution in [0.25, 0.3) is 0 Å². The molecule has 25 heavy (non-hydrogen) atoms.